The number of fused-ring (bicyclic) bond motifs is 3. The van der Waals surface area contributed by atoms with E-state index in [9.17, 15) is 47.9 Å². The zero-order valence-corrected chi connectivity index (χ0v) is 67.0. The highest BCUT2D eigenvalue weighted by atomic mass is 32.2. The molecule has 20 nitrogen and oxygen atoms in total. The number of thioether (sulfide) groups is 2. The van der Waals surface area contributed by atoms with Gasteiger partial charge >= 0.3 is 11.9 Å². The van der Waals surface area contributed by atoms with Crippen molar-refractivity contribution in [3.63, 3.8) is 0 Å². The van der Waals surface area contributed by atoms with Crippen molar-refractivity contribution in [1.82, 2.24) is 31.1 Å². The van der Waals surface area contributed by atoms with Crippen molar-refractivity contribution in [2.45, 2.75) is 296 Å². The number of aryl methyl sites for hydroxylation is 1. The van der Waals surface area contributed by atoms with Crippen LogP contribution in [0.4, 0.5) is 0 Å². The molecule has 6 rings (SSSR count). The Bertz CT molecular complexity index is 3070. The van der Waals surface area contributed by atoms with Crippen molar-refractivity contribution in [1.29, 1.82) is 0 Å². The van der Waals surface area contributed by atoms with Crippen molar-refractivity contribution < 1.29 is 57.4 Å². The molecule has 22 heteroatoms. The molecule has 19 atom stereocenters. The predicted octanol–water partition coefficient (Wildman–Crippen LogP) is 12.1. The van der Waals surface area contributed by atoms with Gasteiger partial charge < -0.3 is 40.5 Å². The maximum absolute atomic E-state index is 14.1. The summed E-state index contributed by atoms with van der Waals surface area (Å²) in [4.78, 5) is 148. The lowest BCUT2D eigenvalue weighted by Gasteiger charge is -2.36. The van der Waals surface area contributed by atoms with Crippen LogP contribution in [0, 0.1) is 76.9 Å². The molecule has 1 aromatic carbocycles. The molecular formula is C79H128N8O12S2. The summed E-state index contributed by atoms with van der Waals surface area (Å²) in [6.45, 7) is 42.2. The number of aliphatic imine (C=N–C) groups is 2. The summed E-state index contributed by atoms with van der Waals surface area (Å²) in [5.74, 6) is -1.67. The number of esters is 2. The van der Waals surface area contributed by atoms with Crippen molar-refractivity contribution >= 4 is 92.6 Å². The molecule has 0 aliphatic carbocycles. The quantitative estimate of drug-likeness (QED) is 0.200. The number of ether oxygens (including phenoxy) is 2. The highest BCUT2D eigenvalue weighted by molar-refractivity contribution is 8.14. The number of carbonyl (C=O) groups excluding carboxylic acids is 10. The molecule has 1 aromatic rings. The van der Waals surface area contributed by atoms with Gasteiger partial charge in [-0.3, -0.25) is 48.3 Å². The molecular weight excluding hydrogens is 1320 g/mol. The Labute approximate surface area is 614 Å². The van der Waals surface area contributed by atoms with Gasteiger partial charge in [-0.05, 0) is 137 Å². The van der Waals surface area contributed by atoms with E-state index < -0.39 is 83.7 Å². The number of hydrogen-bond acceptors (Lipinski definition) is 16. The lowest BCUT2D eigenvalue weighted by molar-refractivity contribution is -0.165. The van der Waals surface area contributed by atoms with Gasteiger partial charge in [0.1, 0.15) is 60.0 Å². The van der Waals surface area contributed by atoms with Gasteiger partial charge in [0, 0.05) is 74.5 Å². The summed E-state index contributed by atoms with van der Waals surface area (Å²) in [7, 11) is 1.55. The van der Waals surface area contributed by atoms with Crippen LogP contribution in [0.2, 0.25) is 0 Å². The second-order valence-corrected chi connectivity index (χ2v) is 35.4. The number of likely N-dealkylation sites (N-methyl/N-ethyl adjacent to an activating group) is 1. The van der Waals surface area contributed by atoms with E-state index in [0.717, 1.165) is 45.6 Å². The fourth-order valence-electron chi connectivity index (χ4n) is 13.8. The van der Waals surface area contributed by atoms with Gasteiger partial charge in [-0.1, -0.05) is 154 Å². The molecule has 568 valence electrons. The van der Waals surface area contributed by atoms with Crippen molar-refractivity contribution in [3.8, 4) is 0 Å². The monoisotopic (exact) mass is 1440 g/mol. The van der Waals surface area contributed by atoms with E-state index in [-0.39, 0.29) is 107 Å². The molecule has 5 aliphatic rings. The Hall–Kier alpha value is -5.64. The van der Waals surface area contributed by atoms with Crippen molar-refractivity contribution in [2.75, 3.05) is 25.1 Å². The van der Waals surface area contributed by atoms with Crippen LogP contribution in [0.15, 0.2) is 34.3 Å². The predicted molar refractivity (Wildman–Crippen MR) is 405 cm³/mol. The Kier molecular flexibility index (Phi) is 33.1. The third-order valence-electron chi connectivity index (χ3n) is 21.7. The largest absolute Gasteiger partial charge is 0.460 e. The Morgan fingerprint density at radius 3 is 1.51 bits per heavy atom. The molecule has 5 aliphatic heterocycles. The zero-order valence-electron chi connectivity index (χ0n) is 65.4. The third-order valence-corrected chi connectivity index (χ3v) is 24.4. The minimum Gasteiger partial charge on any atom is -0.460 e. The summed E-state index contributed by atoms with van der Waals surface area (Å²) >= 11 is 3.56. The number of rotatable bonds is 5. The first kappa shape index (κ1) is 86.0. The second-order valence-electron chi connectivity index (χ2n) is 33.4. The summed E-state index contributed by atoms with van der Waals surface area (Å²) in [6, 6.07) is 2.75. The minimum absolute atomic E-state index is 0.00363. The maximum atomic E-state index is 14.1. The number of carbonyl (C=O) groups is 10. The van der Waals surface area contributed by atoms with Crippen LogP contribution in [-0.2, 0) is 63.8 Å². The number of Topliss-reactive ketones (excluding diaryl/α,β-unsaturated/α-hetero) is 2. The number of ketones is 2. The summed E-state index contributed by atoms with van der Waals surface area (Å²) in [5, 5.41) is 13.5. The van der Waals surface area contributed by atoms with Gasteiger partial charge in [0.15, 0.2) is 0 Å². The van der Waals surface area contributed by atoms with Crippen LogP contribution in [0.25, 0.3) is 0 Å². The van der Waals surface area contributed by atoms with E-state index in [0.29, 0.717) is 82.6 Å². The summed E-state index contributed by atoms with van der Waals surface area (Å²) < 4.78 is 12.4. The van der Waals surface area contributed by atoms with Gasteiger partial charge in [0.2, 0.25) is 35.4 Å². The second kappa shape index (κ2) is 38.9. The number of cyclic esters (lactones) is 2. The molecule has 0 aromatic heterocycles. The minimum atomic E-state index is -0.960. The van der Waals surface area contributed by atoms with Crippen LogP contribution in [-0.4, -0.2) is 164 Å². The van der Waals surface area contributed by atoms with Gasteiger partial charge in [-0.2, -0.15) is 0 Å². The first-order valence-corrected chi connectivity index (χ1v) is 39.8. The van der Waals surface area contributed by atoms with Gasteiger partial charge in [-0.15, -0.1) is 23.5 Å². The van der Waals surface area contributed by atoms with Gasteiger partial charge in [0.25, 0.3) is 0 Å². The number of benzene rings is 1. The normalized spacial score (nSPS) is 33.1. The van der Waals surface area contributed by atoms with E-state index in [1.54, 1.807) is 63.2 Å². The molecule has 0 saturated carbocycles. The number of amides is 6. The highest BCUT2D eigenvalue weighted by Gasteiger charge is 2.44. The Morgan fingerprint density at radius 2 is 1.04 bits per heavy atom. The molecule has 101 heavy (non-hydrogen) atoms. The molecule has 0 unspecified atom stereocenters. The van der Waals surface area contributed by atoms with Crippen LogP contribution in [0.3, 0.4) is 0 Å². The van der Waals surface area contributed by atoms with Crippen LogP contribution in [0.1, 0.15) is 233 Å². The summed E-state index contributed by atoms with van der Waals surface area (Å²) in [6.07, 6.45) is 6.83. The number of hydrogen-bond donors (Lipinski definition) is 4. The third kappa shape index (κ3) is 25.9. The van der Waals surface area contributed by atoms with Gasteiger partial charge in [0.05, 0.1) is 22.2 Å². The first-order valence-electron chi connectivity index (χ1n) is 37.8. The molecule has 1 fully saturated rings. The molecule has 0 radical (unpaired) electrons. The Balaban J connectivity index is 0.000000368. The average Bonchev–Trinajstić information content (AvgIpc) is 1.53. The first-order chi connectivity index (χ1) is 47.1. The SMILES string of the molecule is CC[C@H](C)[C@@H]1NC(=O)[C@H](C)NC(=O)[C@H](C)CC(=O)CC[C@H]2CSC(=N2)[C@@H](C)[C@@H](C)C[C@H](C)C[C@@H](C(C)(C)C)OC(=O)[C@H](C)N(C)C1=O.Cc1ccc(C[C@@H]2CC(=O)CC[C@H]3CSC(=N3)[C@@H](C)[C@@H](C)C[C@H](C)C[C@@H](C(C)(C)C)OC(=O)[C@@H]3CCCN3C(=O)[C@H](C(C)C)NC(=O)[C@H](C)NC2=O)cc1. The lowest BCUT2D eigenvalue weighted by atomic mass is 9.80. The van der Waals surface area contributed by atoms with Gasteiger partial charge in [-0.25, -0.2) is 9.59 Å². The van der Waals surface area contributed by atoms with Crippen LogP contribution in [0.5, 0.6) is 0 Å². The van der Waals surface area contributed by atoms with E-state index in [1.807, 2.05) is 58.9 Å². The molecule has 5 heterocycles. The summed E-state index contributed by atoms with van der Waals surface area (Å²) in [5.41, 5.74) is 1.42. The molecule has 4 bridgehead atoms. The zero-order chi connectivity index (χ0) is 75.7. The standard InChI is InChI=1S/C43H66N4O6S.C36H62N4O6S/c1-25(2)37-41(51)47-19-11-12-35(47)42(52)53-36(43(8,9)10)21-27(4)20-28(5)29(6)40-45-33(24-54-40)17-18-34(48)23-32(22-31-15-13-26(3)14-16-31)39(50)44-30(7)38(49)46-37;1-13-21(3)30-34(44)40(12)26(8)35(45)46-29(36(9,10)11)17-20(2)16-22(4)24(6)33-38-27(19-47-33)14-15-28(41)18-23(5)31(42)37-25(7)32(43)39-30/h13-16,25,27-30,32-33,35-37H,11-12,17-24H2,1-10H3,(H,44,50)(H,46,49);20-27,29-30H,13-19H2,1-12H3,(H,37,42)(H,39,43)/t27-,28-,29-,30-,32+,33-,35-,36-,37-;20-,21-,22-,23+,24-,25-,26-,27-,29-,30-/m00/s1. The molecule has 1 saturated heterocycles. The fourth-order valence-corrected chi connectivity index (χ4v) is 16.4. The van der Waals surface area contributed by atoms with E-state index in [2.05, 4.69) is 104 Å². The number of nitrogens with zero attached hydrogens (tertiary/aromatic N) is 4. The van der Waals surface area contributed by atoms with Crippen molar-refractivity contribution in [3.05, 3.63) is 35.4 Å². The van der Waals surface area contributed by atoms with Crippen molar-refractivity contribution in [2.24, 2.45) is 80.0 Å². The lowest BCUT2D eigenvalue weighted by Crippen LogP contribution is -2.57. The smallest absolute Gasteiger partial charge is 0.329 e. The topological polar surface area (TPSA) is 268 Å². The van der Waals surface area contributed by atoms with Crippen LogP contribution >= 0.6 is 23.5 Å². The average molecular weight is 1450 g/mol. The van der Waals surface area contributed by atoms with E-state index in [1.165, 1.54) is 4.90 Å². The highest BCUT2D eigenvalue weighted by Crippen LogP contribution is 2.38. The Morgan fingerprint density at radius 1 is 0.574 bits per heavy atom. The van der Waals surface area contributed by atoms with E-state index in [4.69, 9.17) is 19.5 Å². The molecule has 6 amide bonds. The molecule has 4 N–H and O–H groups in total. The fraction of sp³-hybridized carbons (Fsp3) is 0.772. The van der Waals surface area contributed by atoms with Crippen LogP contribution < -0.4 is 21.3 Å². The maximum Gasteiger partial charge on any atom is 0.329 e. The van der Waals surface area contributed by atoms with E-state index >= 15 is 0 Å². The molecule has 0 spiro atoms. The number of nitrogens with one attached hydrogen (secondary N) is 4.